The van der Waals surface area contributed by atoms with Crippen LogP contribution in [0.15, 0.2) is 24.3 Å². The second kappa shape index (κ2) is 4.89. The predicted molar refractivity (Wildman–Crippen MR) is 72.9 cm³/mol. The molecular formula is C15H21ClO. The number of alkyl halides is 1. The Morgan fingerprint density at radius 2 is 2.18 bits per heavy atom. The normalized spacial score (nSPS) is 32.0. The van der Waals surface area contributed by atoms with Gasteiger partial charge in [-0.25, -0.2) is 0 Å². The first kappa shape index (κ1) is 12.8. The maximum Gasteiger partial charge on any atom is 0.120 e. The van der Waals surface area contributed by atoms with Gasteiger partial charge in [0.1, 0.15) is 11.9 Å². The van der Waals surface area contributed by atoms with Crippen LogP contribution < -0.4 is 4.74 Å². The van der Waals surface area contributed by atoms with Crippen molar-refractivity contribution in [2.24, 2.45) is 5.41 Å². The van der Waals surface area contributed by atoms with Gasteiger partial charge in [0.2, 0.25) is 0 Å². The topological polar surface area (TPSA) is 9.23 Å². The Labute approximate surface area is 109 Å². The van der Waals surface area contributed by atoms with Crippen LogP contribution in [0.3, 0.4) is 0 Å². The summed E-state index contributed by atoms with van der Waals surface area (Å²) in [7, 11) is 0. The molecule has 3 unspecified atom stereocenters. The van der Waals surface area contributed by atoms with Crippen LogP contribution in [0, 0.1) is 5.41 Å². The summed E-state index contributed by atoms with van der Waals surface area (Å²) in [6.45, 7) is 6.57. The fourth-order valence-corrected chi connectivity index (χ4v) is 2.86. The molecule has 0 N–H and O–H groups in total. The summed E-state index contributed by atoms with van der Waals surface area (Å²) < 4.78 is 6.09. The molecule has 0 aliphatic heterocycles. The molecule has 1 aromatic rings. The Kier molecular flexibility index (Phi) is 3.67. The Morgan fingerprint density at radius 1 is 1.41 bits per heavy atom. The Balaban J connectivity index is 2.06. The molecule has 1 aliphatic carbocycles. The summed E-state index contributed by atoms with van der Waals surface area (Å²) in [5.74, 6) is 0.984. The summed E-state index contributed by atoms with van der Waals surface area (Å²) >= 11 is 6.30. The monoisotopic (exact) mass is 252 g/mol. The van der Waals surface area contributed by atoms with Gasteiger partial charge in [-0.3, -0.25) is 0 Å². The molecule has 0 amide bonds. The summed E-state index contributed by atoms with van der Waals surface area (Å²) in [6.07, 6.45) is 3.34. The highest BCUT2D eigenvalue weighted by Gasteiger charge is 2.51. The van der Waals surface area contributed by atoms with Gasteiger partial charge >= 0.3 is 0 Å². The van der Waals surface area contributed by atoms with E-state index in [0.717, 1.165) is 25.0 Å². The Bertz CT molecular complexity index is 390. The first-order chi connectivity index (χ1) is 8.10. The molecule has 2 heteroatoms. The minimum absolute atomic E-state index is 0.129. The van der Waals surface area contributed by atoms with E-state index in [0.29, 0.717) is 0 Å². The van der Waals surface area contributed by atoms with Gasteiger partial charge in [0.25, 0.3) is 0 Å². The molecule has 0 aromatic heterocycles. The molecular weight excluding hydrogens is 232 g/mol. The van der Waals surface area contributed by atoms with Gasteiger partial charge in [0.15, 0.2) is 0 Å². The van der Waals surface area contributed by atoms with Crippen molar-refractivity contribution in [3.63, 3.8) is 0 Å². The minimum Gasteiger partial charge on any atom is -0.490 e. The average molecular weight is 253 g/mol. The third kappa shape index (κ3) is 2.30. The van der Waals surface area contributed by atoms with E-state index in [4.69, 9.17) is 16.3 Å². The predicted octanol–water partition coefficient (Wildman–Crippen LogP) is 4.42. The standard InChI is InChI=1S/C15H21ClO/c1-4-11-7-6-8-12(9-11)17-14-10-13(16)15(14,3)5-2/h6-9,13-14H,4-5,10H2,1-3H3. The van der Waals surface area contributed by atoms with E-state index in [1.54, 1.807) is 0 Å². The van der Waals surface area contributed by atoms with E-state index in [9.17, 15) is 0 Å². The van der Waals surface area contributed by atoms with E-state index in [2.05, 4.69) is 39.0 Å². The zero-order chi connectivity index (χ0) is 12.5. The van der Waals surface area contributed by atoms with Gasteiger partial charge in [-0.2, -0.15) is 0 Å². The number of halogens is 1. The number of ether oxygens (including phenoxy) is 1. The molecule has 1 aliphatic rings. The molecule has 0 heterocycles. The molecule has 1 aromatic carbocycles. The first-order valence-corrected chi connectivity index (χ1v) is 6.93. The minimum atomic E-state index is 0.129. The molecule has 2 rings (SSSR count). The van der Waals surface area contributed by atoms with E-state index in [1.807, 2.05) is 6.07 Å². The molecule has 1 fully saturated rings. The van der Waals surface area contributed by atoms with E-state index >= 15 is 0 Å². The molecule has 17 heavy (non-hydrogen) atoms. The largest absolute Gasteiger partial charge is 0.490 e. The lowest BCUT2D eigenvalue weighted by molar-refractivity contribution is -0.0295. The van der Waals surface area contributed by atoms with Crippen molar-refractivity contribution in [3.8, 4) is 5.75 Å². The molecule has 3 atom stereocenters. The lowest BCUT2D eigenvalue weighted by Crippen LogP contribution is -2.55. The lowest BCUT2D eigenvalue weighted by atomic mass is 9.65. The zero-order valence-corrected chi connectivity index (χ0v) is 11.6. The molecule has 0 bridgehead atoms. The van der Waals surface area contributed by atoms with E-state index in [1.165, 1.54) is 5.56 Å². The van der Waals surface area contributed by atoms with Crippen molar-refractivity contribution in [1.82, 2.24) is 0 Å². The van der Waals surface area contributed by atoms with Gasteiger partial charge < -0.3 is 4.74 Å². The van der Waals surface area contributed by atoms with E-state index in [-0.39, 0.29) is 16.9 Å². The smallest absolute Gasteiger partial charge is 0.120 e. The van der Waals surface area contributed by atoms with Crippen molar-refractivity contribution in [2.45, 2.75) is 51.5 Å². The zero-order valence-electron chi connectivity index (χ0n) is 10.9. The quantitative estimate of drug-likeness (QED) is 0.721. The van der Waals surface area contributed by atoms with Crippen LogP contribution in [-0.2, 0) is 6.42 Å². The molecule has 94 valence electrons. The highest BCUT2D eigenvalue weighted by molar-refractivity contribution is 6.21. The third-order valence-electron chi connectivity index (χ3n) is 4.22. The van der Waals surface area contributed by atoms with Crippen molar-refractivity contribution in [2.75, 3.05) is 0 Å². The lowest BCUT2D eigenvalue weighted by Gasteiger charge is -2.50. The van der Waals surface area contributed by atoms with Gasteiger partial charge in [-0.05, 0) is 30.5 Å². The maximum atomic E-state index is 6.30. The number of hydrogen-bond donors (Lipinski definition) is 0. The Morgan fingerprint density at radius 3 is 2.76 bits per heavy atom. The van der Waals surface area contributed by atoms with Crippen LogP contribution in [0.25, 0.3) is 0 Å². The SMILES string of the molecule is CCc1cccc(OC2CC(Cl)C2(C)CC)c1. The molecule has 0 spiro atoms. The molecule has 0 radical (unpaired) electrons. The van der Waals surface area contributed by atoms with E-state index < -0.39 is 0 Å². The number of rotatable bonds is 4. The number of hydrogen-bond acceptors (Lipinski definition) is 1. The summed E-state index contributed by atoms with van der Waals surface area (Å²) in [6, 6.07) is 8.37. The second-order valence-corrected chi connectivity index (χ2v) is 5.70. The Hall–Kier alpha value is -0.690. The molecule has 0 saturated heterocycles. The van der Waals surface area contributed by atoms with Gasteiger partial charge in [-0.15, -0.1) is 11.6 Å². The summed E-state index contributed by atoms with van der Waals surface area (Å²) in [5.41, 5.74) is 1.45. The number of aryl methyl sites for hydroxylation is 1. The van der Waals surface area contributed by atoms with Crippen LogP contribution in [-0.4, -0.2) is 11.5 Å². The van der Waals surface area contributed by atoms with Crippen LogP contribution in [0.1, 0.15) is 39.2 Å². The average Bonchev–Trinajstić information content (AvgIpc) is 2.37. The second-order valence-electron chi connectivity index (χ2n) is 5.17. The van der Waals surface area contributed by atoms with Crippen molar-refractivity contribution >= 4 is 11.6 Å². The maximum absolute atomic E-state index is 6.30. The fraction of sp³-hybridized carbons (Fsp3) is 0.600. The van der Waals surface area contributed by atoms with Crippen LogP contribution in [0.2, 0.25) is 0 Å². The first-order valence-electron chi connectivity index (χ1n) is 6.49. The molecule has 1 saturated carbocycles. The van der Waals surface area contributed by atoms with Gasteiger partial charge in [0.05, 0.1) is 0 Å². The number of benzene rings is 1. The van der Waals surface area contributed by atoms with Crippen molar-refractivity contribution in [1.29, 1.82) is 0 Å². The third-order valence-corrected chi connectivity index (χ3v) is 4.90. The fourth-order valence-electron chi connectivity index (χ4n) is 2.40. The highest BCUT2D eigenvalue weighted by atomic mass is 35.5. The molecule has 1 nitrogen and oxygen atoms in total. The van der Waals surface area contributed by atoms with Crippen LogP contribution in [0.4, 0.5) is 0 Å². The summed E-state index contributed by atoms with van der Waals surface area (Å²) in [5, 5.41) is 0.256. The van der Waals surface area contributed by atoms with Gasteiger partial charge in [-0.1, -0.05) is 32.9 Å². The highest BCUT2D eigenvalue weighted by Crippen LogP contribution is 2.49. The summed E-state index contributed by atoms with van der Waals surface area (Å²) in [4.78, 5) is 0. The van der Waals surface area contributed by atoms with Crippen molar-refractivity contribution < 1.29 is 4.74 Å². The van der Waals surface area contributed by atoms with Crippen LogP contribution in [0.5, 0.6) is 5.75 Å². The van der Waals surface area contributed by atoms with Gasteiger partial charge in [0, 0.05) is 17.2 Å². The van der Waals surface area contributed by atoms with Crippen molar-refractivity contribution in [3.05, 3.63) is 29.8 Å². The van der Waals surface area contributed by atoms with Crippen LogP contribution >= 0.6 is 11.6 Å².